The number of hydrogen-bond donors (Lipinski definition) is 0. The van der Waals surface area contributed by atoms with Gasteiger partial charge in [-0.1, -0.05) is 12.1 Å². The highest BCUT2D eigenvalue weighted by molar-refractivity contribution is 7.92. The Bertz CT molecular complexity index is 1160. The number of benzene rings is 2. The summed E-state index contributed by atoms with van der Waals surface area (Å²) in [4.78, 5) is 11.1. The Balaban J connectivity index is 2.15. The van der Waals surface area contributed by atoms with Crippen LogP contribution in [0.5, 0.6) is 5.75 Å². The van der Waals surface area contributed by atoms with Crippen molar-refractivity contribution in [2.24, 2.45) is 0 Å². The van der Waals surface area contributed by atoms with Crippen LogP contribution in [0.15, 0.2) is 48.7 Å². The first-order valence-electron chi connectivity index (χ1n) is 9.14. The third-order valence-electron chi connectivity index (χ3n) is 4.99. The molecule has 1 heterocycles. The standard InChI is InChI=1S/C21H24N2O5S/c1-21(2,3)29(26,27)14-18-19(23(24)25)10-7-16-11-12-22(20(16)18)13-15-5-8-17(28-4)9-6-15/h5-12H,13-14H2,1-4H3. The van der Waals surface area contributed by atoms with Gasteiger partial charge >= 0.3 is 0 Å². The summed E-state index contributed by atoms with van der Waals surface area (Å²) in [6.07, 6.45) is 1.83. The predicted octanol–water partition coefficient (Wildman–Crippen LogP) is 4.32. The van der Waals surface area contributed by atoms with Crippen LogP contribution in [-0.2, 0) is 22.1 Å². The van der Waals surface area contributed by atoms with Crippen LogP contribution < -0.4 is 4.74 Å². The van der Waals surface area contributed by atoms with E-state index in [2.05, 4.69) is 0 Å². The molecule has 0 saturated heterocycles. The molecule has 0 saturated carbocycles. The van der Waals surface area contributed by atoms with Gasteiger partial charge in [0.25, 0.3) is 5.69 Å². The number of nitro benzene ring substituents is 1. The molecule has 0 atom stereocenters. The number of ether oxygens (including phenoxy) is 1. The quantitative estimate of drug-likeness (QED) is 0.441. The maximum atomic E-state index is 12.9. The Morgan fingerprint density at radius 1 is 1.07 bits per heavy atom. The molecule has 7 nitrogen and oxygen atoms in total. The molecule has 3 aromatic rings. The van der Waals surface area contributed by atoms with Crippen molar-refractivity contribution >= 4 is 26.4 Å². The first kappa shape index (κ1) is 20.9. The molecule has 8 heteroatoms. The normalized spacial score (nSPS) is 12.3. The largest absolute Gasteiger partial charge is 0.497 e. The first-order valence-corrected chi connectivity index (χ1v) is 10.8. The predicted molar refractivity (Wildman–Crippen MR) is 113 cm³/mol. The van der Waals surface area contributed by atoms with Crippen LogP contribution in [-0.4, -0.2) is 29.8 Å². The lowest BCUT2D eigenvalue weighted by Gasteiger charge is -2.20. The van der Waals surface area contributed by atoms with Crippen LogP contribution in [0.25, 0.3) is 10.9 Å². The minimum atomic E-state index is -3.61. The highest BCUT2D eigenvalue weighted by Gasteiger charge is 2.33. The van der Waals surface area contributed by atoms with E-state index in [1.54, 1.807) is 33.9 Å². The number of fused-ring (bicyclic) bond motifs is 1. The van der Waals surface area contributed by atoms with Gasteiger partial charge in [-0.15, -0.1) is 0 Å². The van der Waals surface area contributed by atoms with Crippen molar-refractivity contribution in [3.05, 3.63) is 69.9 Å². The highest BCUT2D eigenvalue weighted by Crippen LogP contribution is 2.33. The number of nitrogens with zero attached hydrogens (tertiary/aromatic N) is 2. The summed E-state index contributed by atoms with van der Waals surface area (Å²) in [6.45, 7) is 5.26. The second-order valence-corrected chi connectivity index (χ2v) is 10.7. The van der Waals surface area contributed by atoms with E-state index < -0.39 is 25.3 Å². The highest BCUT2D eigenvalue weighted by atomic mass is 32.2. The molecule has 0 spiro atoms. The number of aromatic nitrogens is 1. The molecule has 0 amide bonds. The number of sulfone groups is 1. The molecule has 3 rings (SSSR count). The van der Waals surface area contributed by atoms with E-state index in [4.69, 9.17) is 4.74 Å². The van der Waals surface area contributed by atoms with Crippen molar-refractivity contribution in [3.63, 3.8) is 0 Å². The molecule has 0 aliphatic carbocycles. The zero-order chi connectivity index (χ0) is 21.4. The molecule has 0 radical (unpaired) electrons. The Hall–Kier alpha value is -2.87. The Labute approximate surface area is 170 Å². The lowest BCUT2D eigenvalue weighted by atomic mass is 10.1. The lowest BCUT2D eigenvalue weighted by molar-refractivity contribution is -0.385. The van der Waals surface area contributed by atoms with E-state index in [-0.39, 0.29) is 11.3 Å². The molecular formula is C21H24N2O5S. The van der Waals surface area contributed by atoms with E-state index in [0.717, 1.165) is 16.7 Å². The summed E-state index contributed by atoms with van der Waals surface area (Å²) in [6, 6.07) is 12.4. The van der Waals surface area contributed by atoms with Crippen LogP contribution in [0, 0.1) is 10.1 Å². The number of rotatable bonds is 6. The van der Waals surface area contributed by atoms with Gasteiger partial charge in [0.05, 0.1) is 33.6 Å². The molecule has 154 valence electrons. The van der Waals surface area contributed by atoms with E-state index >= 15 is 0 Å². The molecule has 0 bridgehead atoms. The lowest BCUT2D eigenvalue weighted by Crippen LogP contribution is -2.29. The minimum absolute atomic E-state index is 0.181. The van der Waals surface area contributed by atoms with Crippen molar-refractivity contribution in [3.8, 4) is 5.75 Å². The molecule has 0 unspecified atom stereocenters. The zero-order valence-corrected chi connectivity index (χ0v) is 17.7. The zero-order valence-electron chi connectivity index (χ0n) is 16.9. The minimum Gasteiger partial charge on any atom is -0.497 e. The molecule has 29 heavy (non-hydrogen) atoms. The van der Waals surface area contributed by atoms with Gasteiger partial charge in [-0.2, -0.15) is 0 Å². The van der Waals surface area contributed by atoms with Gasteiger partial charge < -0.3 is 9.30 Å². The van der Waals surface area contributed by atoms with Crippen LogP contribution in [0.1, 0.15) is 31.9 Å². The third-order valence-corrected chi connectivity index (χ3v) is 7.52. The maximum Gasteiger partial charge on any atom is 0.275 e. The first-order chi connectivity index (χ1) is 13.5. The van der Waals surface area contributed by atoms with Crippen molar-refractivity contribution in [2.45, 2.75) is 37.8 Å². The SMILES string of the molecule is COc1ccc(Cn2ccc3ccc([N+](=O)[O-])c(CS(=O)(=O)C(C)(C)C)c32)cc1. The van der Waals surface area contributed by atoms with Crippen molar-refractivity contribution in [1.29, 1.82) is 0 Å². The molecule has 0 aliphatic rings. The van der Waals surface area contributed by atoms with E-state index in [1.807, 2.05) is 41.1 Å². The molecule has 0 fully saturated rings. The molecule has 0 aliphatic heterocycles. The maximum absolute atomic E-state index is 12.9. The third kappa shape index (κ3) is 4.12. The Morgan fingerprint density at radius 2 is 1.72 bits per heavy atom. The summed E-state index contributed by atoms with van der Waals surface area (Å²) in [5.74, 6) is 0.343. The molecule has 1 aromatic heterocycles. The Morgan fingerprint density at radius 3 is 2.28 bits per heavy atom. The van der Waals surface area contributed by atoms with Gasteiger partial charge in [0.1, 0.15) is 5.75 Å². The molecular weight excluding hydrogens is 392 g/mol. The van der Waals surface area contributed by atoms with E-state index in [1.165, 1.54) is 6.07 Å². The van der Waals surface area contributed by atoms with Crippen LogP contribution in [0.3, 0.4) is 0 Å². The summed E-state index contributed by atoms with van der Waals surface area (Å²) in [5, 5.41) is 12.4. The summed E-state index contributed by atoms with van der Waals surface area (Å²) >= 11 is 0. The van der Waals surface area contributed by atoms with Crippen molar-refractivity contribution in [2.75, 3.05) is 7.11 Å². The number of nitro groups is 1. The smallest absolute Gasteiger partial charge is 0.275 e. The van der Waals surface area contributed by atoms with E-state index in [9.17, 15) is 18.5 Å². The van der Waals surface area contributed by atoms with Crippen LogP contribution in [0.2, 0.25) is 0 Å². The molecule has 2 aromatic carbocycles. The Kier molecular flexibility index (Phi) is 5.40. The summed E-state index contributed by atoms with van der Waals surface area (Å²) in [7, 11) is -2.02. The number of hydrogen-bond acceptors (Lipinski definition) is 5. The monoisotopic (exact) mass is 416 g/mol. The van der Waals surface area contributed by atoms with Gasteiger partial charge in [-0.3, -0.25) is 10.1 Å². The van der Waals surface area contributed by atoms with Gasteiger partial charge in [0, 0.05) is 24.2 Å². The van der Waals surface area contributed by atoms with Crippen LogP contribution >= 0.6 is 0 Å². The average molecular weight is 416 g/mol. The fourth-order valence-electron chi connectivity index (χ4n) is 3.14. The van der Waals surface area contributed by atoms with E-state index in [0.29, 0.717) is 12.1 Å². The average Bonchev–Trinajstić information content (AvgIpc) is 3.04. The summed E-state index contributed by atoms with van der Waals surface area (Å²) < 4.78 is 31.7. The van der Waals surface area contributed by atoms with Gasteiger partial charge in [-0.05, 0) is 50.6 Å². The van der Waals surface area contributed by atoms with Crippen molar-refractivity contribution < 1.29 is 18.1 Å². The topological polar surface area (TPSA) is 91.4 Å². The fraction of sp³-hybridized carbons (Fsp3) is 0.333. The van der Waals surface area contributed by atoms with Crippen molar-refractivity contribution in [1.82, 2.24) is 4.57 Å². The van der Waals surface area contributed by atoms with Gasteiger partial charge in [0.2, 0.25) is 0 Å². The second-order valence-electron chi connectivity index (χ2n) is 7.92. The van der Waals surface area contributed by atoms with Crippen LogP contribution in [0.4, 0.5) is 5.69 Å². The van der Waals surface area contributed by atoms with Gasteiger partial charge in [0.15, 0.2) is 9.84 Å². The second kappa shape index (κ2) is 7.51. The fourth-order valence-corrected chi connectivity index (χ4v) is 4.24. The number of methoxy groups -OCH3 is 1. The molecule has 0 N–H and O–H groups in total. The van der Waals surface area contributed by atoms with Gasteiger partial charge in [-0.25, -0.2) is 8.42 Å². The summed E-state index contributed by atoms with van der Waals surface area (Å²) in [5.41, 5.74) is 1.59.